The molecule has 0 radical (unpaired) electrons. The molecule has 1 aromatic heterocycles. The second-order valence-corrected chi connectivity index (χ2v) is 7.31. The lowest BCUT2D eigenvalue weighted by molar-refractivity contribution is 0.0951. The van der Waals surface area contributed by atoms with E-state index in [1.807, 2.05) is 0 Å². The number of fused-ring (bicyclic) bond motifs is 1. The maximum atomic E-state index is 13.2. The molecule has 1 fully saturated rings. The van der Waals surface area contributed by atoms with Crippen LogP contribution in [0.3, 0.4) is 0 Å². The maximum Gasteiger partial charge on any atom is 0.326 e. The lowest BCUT2D eigenvalue weighted by atomic mass is 9.93. The number of halogens is 1. The molecule has 1 amide bonds. The van der Waals surface area contributed by atoms with Gasteiger partial charge in [0.25, 0.3) is 5.91 Å². The van der Waals surface area contributed by atoms with Crippen LogP contribution in [0, 0.1) is 5.82 Å². The number of carbonyl (C=O) groups excluding carboxylic acids is 1. The molecular weight excluding hydrogens is 361 g/mol. The maximum absolute atomic E-state index is 13.2. The summed E-state index contributed by atoms with van der Waals surface area (Å²) in [4.78, 5) is 27.7. The molecule has 1 aliphatic rings. The van der Waals surface area contributed by atoms with Gasteiger partial charge in [-0.05, 0) is 61.6 Å². The monoisotopic (exact) mass is 383 g/mol. The van der Waals surface area contributed by atoms with Gasteiger partial charge in [0, 0.05) is 18.2 Å². The van der Waals surface area contributed by atoms with Crippen molar-refractivity contribution in [1.82, 2.24) is 14.9 Å². The summed E-state index contributed by atoms with van der Waals surface area (Å²) >= 11 is 0. The molecule has 2 aromatic carbocycles. The number of H-pyrrole nitrogens is 1. The molecule has 0 aliphatic heterocycles. The number of aromatic amines is 1. The summed E-state index contributed by atoms with van der Waals surface area (Å²) in [6.45, 7) is 0.219. The molecule has 3 N–H and O–H groups in total. The number of amides is 1. The van der Waals surface area contributed by atoms with E-state index in [0.29, 0.717) is 29.5 Å². The summed E-state index contributed by atoms with van der Waals surface area (Å²) in [7, 11) is 0. The molecule has 146 valence electrons. The number of nitrogens with one attached hydrogen (secondary N) is 2. The van der Waals surface area contributed by atoms with Crippen molar-refractivity contribution in [2.45, 2.75) is 44.4 Å². The number of imidazole rings is 1. The van der Waals surface area contributed by atoms with E-state index in [2.05, 4.69) is 10.3 Å². The third kappa shape index (κ3) is 3.71. The number of aliphatic hydroxyl groups excluding tert-OH is 1. The van der Waals surface area contributed by atoms with Crippen LogP contribution in [-0.2, 0) is 6.54 Å². The number of aliphatic hydroxyl groups is 1. The first kappa shape index (κ1) is 18.4. The average Bonchev–Trinajstić information content (AvgIpc) is 3.02. The van der Waals surface area contributed by atoms with Crippen molar-refractivity contribution in [3.05, 3.63) is 69.9 Å². The van der Waals surface area contributed by atoms with E-state index < -0.39 is 0 Å². The van der Waals surface area contributed by atoms with Gasteiger partial charge in [-0.3, -0.25) is 9.36 Å². The molecule has 4 rings (SSSR count). The number of aromatic nitrogens is 2. The van der Waals surface area contributed by atoms with Gasteiger partial charge in [-0.2, -0.15) is 0 Å². The van der Waals surface area contributed by atoms with Gasteiger partial charge in [0.05, 0.1) is 17.1 Å². The highest BCUT2D eigenvalue weighted by Crippen LogP contribution is 2.29. The second-order valence-electron chi connectivity index (χ2n) is 7.31. The fraction of sp³-hybridized carbons (Fsp3) is 0.333. The van der Waals surface area contributed by atoms with Gasteiger partial charge in [0.15, 0.2) is 0 Å². The van der Waals surface area contributed by atoms with Crippen LogP contribution in [0.15, 0.2) is 47.3 Å². The van der Waals surface area contributed by atoms with Gasteiger partial charge < -0.3 is 15.4 Å². The summed E-state index contributed by atoms with van der Waals surface area (Å²) in [5.41, 5.74) is 2.26. The van der Waals surface area contributed by atoms with Crippen molar-refractivity contribution in [3.8, 4) is 0 Å². The number of hydrogen-bond acceptors (Lipinski definition) is 3. The molecule has 28 heavy (non-hydrogen) atoms. The van der Waals surface area contributed by atoms with E-state index >= 15 is 0 Å². The number of rotatable bonds is 4. The Bertz CT molecular complexity index is 1060. The lowest BCUT2D eigenvalue weighted by Crippen LogP contribution is -2.27. The van der Waals surface area contributed by atoms with Gasteiger partial charge in [-0.1, -0.05) is 12.1 Å². The molecule has 6 nitrogen and oxygen atoms in total. The predicted molar refractivity (Wildman–Crippen MR) is 104 cm³/mol. The van der Waals surface area contributed by atoms with Gasteiger partial charge >= 0.3 is 5.69 Å². The van der Waals surface area contributed by atoms with E-state index in [1.165, 1.54) is 12.1 Å². The van der Waals surface area contributed by atoms with Crippen molar-refractivity contribution in [2.24, 2.45) is 0 Å². The first-order valence-corrected chi connectivity index (χ1v) is 9.46. The molecule has 0 bridgehead atoms. The number of benzene rings is 2. The van der Waals surface area contributed by atoms with Crippen LogP contribution in [0.4, 0.5) is 4.39 Å². The van der Waals surface area contributed by atoms with Crippen molar-refractivity contribution in [3.63, 3.8) is 0 Å². The van der Waals surface area contributed by atoms with Crippen LogP contribution in [0.2, 0.25) is 0 Å². The van der Waals surface area contributed by atoms with Crippen LogP contribution in [-0.4, -0.2) is 26.7 Å². The summed E-state index contributed by atoms with van der Waals surface area (Å²) in [5, 5.41) is 12.5. The molecule has 7 heteroatoms. The van der Waals surface area contributed by atoms with E-state index in [4.69, 9.17) is 0 Å². The molecule has 1 aliphatic carbocycles. The Morgan fingerprint density at radius 3 is 2.71 bits per heavy atom. The zero-order valence-corrected chi connectivity index (χ0v) is 15.3. The summed E-state index contributed by atoms with van der Waals surface area (Å²) in [6.07, 6.45) is 2.59. The van der Waals surface area contributed by atoms with Gasteiger partial charge in [0.2, 0.25) is 0 Å². The number of hydrogen-bond donors (Lipinski definition) is 3. The van der Waals surface area contributed by atoms with Crippen LogP contribution < -0.4 is 11.0 Å². The topological polar surface area (TPSA) is 87.1 Å². The Kier molecular flexibility index (Phi) is 5.00. The highest BCUT2D eigenvalue weighted by Gasteiger charge is 2.24. The van der Waals surface area contributed by atoms with Crippen molar-refractivity contribution in [2.75, 3.05) is 0 Å². The quantitative estimate of drug-likeness (QED) is 0.647. The summed E-state index contributed by atoms with van der Waals surface area (Å²) < 4.78 is 15.0. The fourth-order valence-corrected chi connectivity index (χ4v) is 3.88. The normalized spacial score (nSPS) is 19.6. The third-order valence-electron chi connectivity index (χ3n) is 5.35. The molecule has 0 saturated heterocycles. The molecule has 1 heterocycles. The standard InChI is InChI=1S/C21H22FN3O3/c22-15-3-1-2-13(10-15)12-23-20(27)14-4-9-19-18(11-14)24-21(28)25(19)16-5-7-17(26)8-6-16/h1-4,9-11,16-17,26H,5-8,12H2,(H,23,27)(H,24,28). The highest BCUT2D eigenvalue weighted by atomic mass is 19.1. The Hall–Kier alpha value is -2.93. The van der Waals surface area contributed by atoms with Gasteiger partial charge in [0.1, 0.15) is 5.82 Å². The Morgan fingerprint density at radius 1 is 1.18 bits per heavy atom. The van der Waals surface area contributed by atoms with Crippen molar-refractivity contribution >= 4 is 16.9 Å². The molecule has 0 spiro atoms. The van der Waals surface area contributed by atoms with Crippen LogP contribution in [0.25, 0.3) is 11.0 Å². The average molecular weight is 383 g/mol. The van der Waals surface area contributed by atoms with E-state index in [1.54, 1.807) is 34.9 Å². The summed E-state index contributed by atoms with van der Waals surface area (Å²) in [5.74, 6) is -0.636. The highest BCUT2D eigenvalue weighted by molar-refractivity contribution is 5.97. The van der Waals surface area contributed by atoms with Gasteiger partial charge in [-0.25, -0.2) is 9.18 Å². The lowest BCUT2D eigenvalue weighted by Gasteiger charge is -2.26. The van der Waals surface area contributed by atoms with Crippen molar-refractivity contribution < 1.29 is 14.3 Å². The van der Waals surface area contributed by atoms with Gasteiger partial charge in [-0.15, -0.1) is 0 Å². The van der Waals surface area contributed by atoms with Crippen molar-refractivity contribution in [1.29, 1.82) is 0 Å². The minimum absolute atomic E-state index is 0.0531. The minimum Gasteiger partial charge on any atom is -0.393 e. The fourth-order valence-electron chi connectivity index (χ4n) is 3.88. The summed E-state index contributed by atoms with van der Waals surface area (Å²) in [6, 6.07) is 11.2. The zero-order valence-electron chi connectivity index (χ0n) is 15.3. The van der Waals surface area contributed by atoms with E-state index in [-0.39, 0.29) is 36.1 Å². The van der Waals surface area contributed by atoms with E-state index in [9.17, 15) is 19.1 Å². The van der Waals surface area contributed by atoms with Crippen LogP contribution >= 0.6 is 0 Å². The Balaban J connectivity index is 1.53. The molecular formula is C21H22FN3O3. The first-order chi connectivity index (χ1) is 13.5. The number of nitrogens with zero attached hydrogens (tertiary/aromatic N) is 1. The smallest absolute Gasteiger partial charge is 0.326 e. The third-order valence-corrected chi connectivity index (χ3v) is 5.35. The zero-order chi connectivity index (χ0) is 19.7. The van der Waals surface area contributed by atoms with E-state index in [0.717, 1.165) is 18.4 Å². The van der Waals surface area contributed by atoms with Crippen LogP contribution in [0.1, 0.15) is 47.6 Å². The second kappa shape index (κ2) is 7.59. The SMILES string of the molecule is O=C(NCc1cccc(F)c1)c1ccc2c(c1)[nH]c(=O)n2C1CCC(O)CC1. The Morgan fingerprint density at radius 2 is 1.96 bits per heavy atom. The predicted octanol–water partition coefficient (Wildman–Crippen LogP) is 2.87. The minimum atomic E-state index is -0.345. The van der Waals surface area contributed by atoms with Crippen LogP contribution in [0.5, 0.6) is 0 Å². The number of carbonyl (C=O) groups is 1. The first-order valence-electron chi connectivity index (χ1n) is 9.46. The molecule has 3 aromatic rings. The Labute approximate surface area is 161 Å². The molecule has 1 saturated carbocycles. The largest absolute Gasteiger partial charge is 0.393 e. The molecule has 0 unspecified atom stereocenters. The molecule has 0 atom stereocenters.